The van der Waals surface area contributed by atoms with Crippen LogP contribution < -0.4 is 10.1 Å². The van der Waals surface area contributed by atoms with Crippen molar-refractivity contribution >= 4 is 15.9 Å². The third-order valence-corrected chi connectivity index (χ3v) is 3.74. The Morgan fingerprint density at radius 2 is 1.90 bits per heavy atom. The fraction of sp³-hybridized carbons (Fsp3) is 0.375. The summed E-state index contributed by atoms with van der Waals surface area (Å²) in [5.74, 6) is 0.586. The standard InChI is InChI=1S/C16H20BrN3O/c1-3-8-18-14(11-12-4-6-13(17)7-5-12)15-16(21-2)20-10-9-19-15/h4-7,9-10,14,18H,3,8,11H2,1-2H3. The molecule has 2 rings (SSSR count). The average Bonchev–Trinajstić information content (AvgIpc) is 2.53. The summed E-state index contributed by atoms with van der Waals surface area (Å²) >= 11 is 3.46. The maximum absolute atomic E-state index is 5.34. The molecule has 0 fully saturated rings. The minimum Gasteiger partial charge on any atom is -0.480 e. The van der Waals surface area contributed by atoms with Gasteiger partial charge in [0, 0.05) is 16.9 Å². The molecular weight excluding hydrogens is 330 g/mol. The van der Waals surface area contributed by atoms with Gasteiger partial charge in [0.05, 0.1) is 13.2 Å². The highest BCUT2D eigenvalue weighted by Gasteiger charge is 2.18. The van der Waals surface area contributed by atoms with E-state index in [4.69, 9.17) is 4.74 Å². The topological polar surface area (TPSA) is 47.0 Å². The van der Waals surface area contributed by atoms with Crippen LogP contribution in [0.2, 0.25) is 0 Å². The van der Waals surface area contributed by atoms with Gasteiger partial charge in [-0.3, -0.25) is 4.98 Å². The van der Waals surface area contributed by atoms with Crippen LogP contribution in [0.25, 0.3) is 0 Å². The first kappa shape index (κ1) is 15.9. The van der Waals surface area contributed by atoms with Crippen molar-refractivity contribution in [3.8, 4) is 5.88 Å². The second kappa shape index (κ2) is 8.10. The maximum Gasteiger partial charge on any atom is 0.237 e. The van der Waals surface area contributed by atoms with Crippen LogP contribution in [0.15, 0.2) is 41.1 Å². The van der Waals surface area contributed by atoms with Gasteiger partial charge >= 0.3 is 0 Å². The molecule has 4 nitrogen and oxygen atoms in total. The van der Waals surface area contributed by atoms with Crippen molar-refractivity contribution < 1.29 is 4.74 Å². The normalized spacial score (nSPS) is 12.1. The number of rotatable bonds is 7. The lowest BCUT2D eigenvalue weighted by molar-refractivity contribution is 0.376. The first-order valence-corrected chi connectivity index (χ1v) is 7.86. The van der Waals surface area contributed by atoms with Crippen molar-refractivity contribution in [3.63, 3.8) is 0 Å². The molecule has 0 saturated carbocycles. The Labute approximate surface area is 134 Å². The van der Waals surface area contributed by atoms with Crippen LogP contribution >= 0.6 is 15.9 Å². The van der Waals surface area contributed by atoms with Gasteiger partial charge < -0.3 is 10.1 Å². The highest BCUT2D eigenvalue weighted by Crippen LogP contribution is 2.24. The fourth-order valence-corrected chi connectivity index (χ4v) is 2.44. The van der Waals surface area contributed by atoms with Gasteiger partial charge in [-0.25, -0.2) is 4.98 Å². The largest absolute Gasteiger partial charge is 0.480 e. The zero-order valence-electron chi connectivity index (χ0n) is 12.3. The van der Waals surface area contributed by atoms with Gasteiger partial charge in [-0.05, 0) is 37.1 Å². The van der Waals surface area contributed by atoms with Crippen LogP contribution in [0.3, 0.4) is 0 Å². The number of ether oxygens (including phenoxy) is 1. The SMILES string of the molecule is CCCNC(Cc1ccc(Br)cc1)c1nccnc1OC. The highest BCUT2D eigenvalue weighted by atomic mass is 79.9. The Balaban J connectivity index is 2.23. The van der Waals surface area contributed by atoms with E-state index < -0.39 is 0 Å². The van der Waals surface area contributed by atoms with Crippen molar-refractivity contribution in [2.75, 3.05) is 13.7 Å². The van der Waals surface area contributed by atoms with E-state index in [-0.39, 0.29) is 6.04 Å². The zero-order chi connectivity index (χ0) is 15.1. The number of halogens is 1. The van der Waals surface area contributed by atoms with Gasteiger partial charge in [0.15, 0.2) is 0 Å². The molecule has 0 aliphatic heterocycles. The first-order valence-electron chi connectivity index (χ1n) is 7.07. The van der Waals surface area contributed by atoms with Gasteiger partial charge in [0.2, 0.25) is 5.88 Å². The predicted molar refractivity (Wildman–Crippen MR) is 87.5 cm³/mol. The third-order valence-electron chi connectivity index (χ3n) is 3.21. The van der Waals surface area contributed by atoms with Crippen molar-refractivity contribution in [1.82, 2.24) is 15.3 Å². The van der Waals surface area contributed by atoms with Crippen LogP contribution in [0, 0.1) is 0 Å². The third kappa shape index (κ3) is 4.51. The molecule has 1 N–H and O–H groups in total. The quantitative estimate of drug-likeness (QED) is 0.830. The molecule has 0 aliphatic carbocycles. The average molecular weight is 350 g/mol. The molecule has 0 radical (unpaired) electrons. The van der Waals surface area contributed by atoms with E-state index in [0.717, 1.165) is 29.6 Å². The van der Waals surface area contributed by atoms with E-state index in [9.17, 15) is 0 Å². The zero-order valence-corrected chi connectivity index (χ0v) is 13.9. The van der Waals surface area contributed by atoms with Crippen LogP contribution in [-0.2, 0) is 6.42 Å². The van der Waals surface area contributed by atoms with Gasteiger partial charge in [-0.15, -0.1) is 0 Å². The Bertz CT molecular complexity index is 560. The summed E-state index contributed by atoms with van der Waals surface area (Å²) in [6.07, 6.45) is 5.28. The molecule has 1 atom stereocenters. The number of methoxy groups -OCH3 is 1. The predicted octanol–water partition coefficient (Wildman–Crippen LogP) is 3.53. The summed E-state index contributed by atoms with van der Waals surface area (Å²) in [7, 11) is 1.63. The number of nitrogens with zero attached hydrogens (tertiary/aromatic N) is 2. The van der Waals surface area contributed by atoms with E-state index in [2.05, 4.69) is 62.4 Å². The van der Waals surface area contributed by atoms with Gasteiger partial charge in [-0.2, -0.15) is 0 Å². The molecule has 0 bridgehead atoms. The Morgan fingerprint density at radius 1 is 1.19 bits per heavy atom. The van der Waals surface area contributed by atoms with Gasteiger partial charge in [0.25, 0.3) is 0 Å². The van der Waals surface area contributed by atoms with E-state index in [1.807, 2.05) is 0 Å². The van der Waals surface area contributed by atoms with Gasteiger partial charge in [-0.1, -0.05) is 35.0 Å². The molecular formula is C16H20BrN3O. The summed E-state index contributed by atoms with van der Waals surface area (Å²) in [5.41, 5.74) is 2.11. The molecule has 5 heteroatoms. The first-order chi connectivity index (χ1) is 10.2. The molecule has 0 saturated heterocycles. The fourth-order valence-electron chi connectivity index (χ4n) is 2.17. The molecule has 1 aromatic heterocycles. The summed E-state index contributed by atoms with van der Waals surface area (Å²) in [5, 5.41) is 3.53. The molecule has 0 spiro atoms. The summed E-state index contributed by atoms with van der Waals surface area (Å²) in [4.78, 5) is 8.71. The van der Waals surface area contributed by atoms with Crippen molar-refractivity contribution in [1.29, 1.82) is 0 Å². The molecule has 0 aliphatic rings. The molecule has 21 heavy (non-hydrogen) atoms. The number of benzene rings is 1. The van der Waals surface area contributed by atoms with Crippen molar-refractivity contribution in [3.05, 3.63) is 52.4 Å². The summed E-state index contributed by atoms with van der Waals surface area (Å²) in [6.45, 7) is 3.08. The lowest BCUT2D eigenvalue weighted by Gasteiger charge is -2.19. The van der Waals surface area contributed by atoms with E-state index in [1.54, 1.807) is 19.5 Å². The highest BCUT2D eigenvalue weighted by molar-refractivity contribution is 9.10. The smallest absolute Gasteiger partial charge is 0.237 e. The minimum atomic E-state index is 0.0924. The number of hydrogen-bond donors (Lipinski definition) is 1. The summed E-state index contributed by atoms with van der Waals surface area (Å²) in [6, 6.07) is 8.44. The van der Waals surface area contributed by atoms with E-state index in [0.29, 0.717) is 5.88 Å². The van der Waals surface area contributed by atoms with E-state index in [1.165, 1.54) is 5.56 Å². The molecule has 112 valence electrons. The number of nitrogens with one attached hydrogen (secondary N) is 1. The molecule has 1 heterocycles. The van der Waals surface area contributed by atoms with Crippen LogP contribution in [0.4, 0.5) is 0 Å². The molecule has 2 aromatic rings. The second-order valence-electron chi connectivity index (χ2n) is 4.79. The number of aromatic nitrogens is 2. The van der Waals surface area contributed by atoms with Crippen molar-refractivity contribution in [2.45, 2.75) is 25.8 Å². The lowest BCUT2D eigenvalue weighted by atomic mass is 10.0. The second-order valence-corrected chi connectivity index (χ2v) is 5.70. The minimum absolute atomic E-state index is 0.0924. The monoisotopic (exact) mass is 349 g/mol. The summed E-state index contributed by atoms with van der Waals surface area (Å²) < 4.78 is 6.43. The van der Waals surface area contributed by atoms with Crippen LogP contribution in [0.5, 0.6) is 5.88 Å². The Hall–Kier alpha value is -1.46. The van der Waals surface area contributed by atoms with E-state index >= 15 is 0 Å². The Morgan fingerprint density at radius 3 is 2.57 bits per heavy atom. The molecule has 1 aromatic carbocycles. The van der Waals surface area contributed by atoms with Crippen LogP contribution in [0.1, 0.15) is 30.6 Å². The van der Waals surface area contributed by atoms with Gasteiger partial charge in [0.1, 0.15) is 5.69 Å². The van der Waals surface area contributed by atoms with Crippen molar-refractivity contribution in [2.24, 2.45) is 0 Å². The maximum atomic E-state index is 5.34. The van der Waals surface area contributed by atoms with Crippen LogP contribution in [-0.4, -0.2) is 23.6 Å². The molecule has 1 unspecified atom stereocenters. The number of hydrogen-bond acceptors (Lipinski definition) is 4. The lowest BCUT2D eigenvalue weighted by Crippen LogP contribution is -2.25. The molecule has 0 amide bonds. The Kier molecular flexibility index (Phi) is 6.14.